The SMILES string of the molecule is COc1ccc(CN=C(NCCOc2ccccc2)NCCc2ccco2)cc1.I. The lowest BCUT2D eigenvalue weighted by Crippen LogP contribution is -2.40. The van der Waals surface area contributed by atoms with Gasteiger partial charge in [0.15, 0.2) is 5.96 Å². The highest BCUT2D eigenvalue weighted by atomic mass is 127. The van der Waals surface area contributed by atoms with Gasteiger partial charge in [-0.2, -0.15) is 0 Å². The molecule has 0 atom stereocenters. The molecule has 1 heterocycles. The second kappa shape index (κ2) is 13.5. The smallest absolute Gasteiger partial charge is 0.191 e. The van der Waals surface area contributed by atoms with Crippen molar-refractivity contribution >= 4 is 29.9 Å². The molecule has 7 heteroatoms. The number of furan rings is 1. The van der Waals surface area contributed by atoms with E-state index in [9.17, 15) is 0 Å². The standard InChI is InChI=1S/C23H27N3O3.HI/c1-27-20-11-9-19(10-12-20)18-26-23(24-14-13-22-8-5-16-28-22)25-15-17-29-21-6-3-2-4-7-21;/h2-12,16H,13-15,17-18H2,1H3,(H2,24,25,26);1H. The van der Waals surface area contributed by atoms with Crippen LogP contribution in [0.2, 0.25) is 0 Å². The summed E-state index contributed by atoms with van der Waals surface area (Å²) in [7, 11) is 1.66. The molecule has 0 saturated carbocycles. The molecule has 2 N–H and O–H groups in total. The predicted molar refractivity (Wildman–Crippen MR) is 130 cm³/mol. The minimum Gasteiger partial charge on any atom is -0.497 e. The second-order valence-corrected chi connectivity index (χ2v) is 6.36. The molecule has 30 heavy (non-hydrogen) atoms. The first-order valence-electron chi connectivity index (χ1n) is 9.69. The van der Waals surface area contributed by atoms with Crippen molar-refractivity contribution < 1.29 is 13.9 Å². The summed E-state index contributed by atoms with van der Waals surface area (Å²) in [6.45, 7) is 2.48. The molecular weight excluding hydrogens is 493 g/mol. The Morgan fingerprint density at radius 2 is 1.67 bits per heavy atom. The Morgan fingerprint density at radius 3 is 2.37 bits per heavy atom. The molecule has 0 saturated heterocycles. The highest BCUT2D eigenvalue weighted by molar-refractivity contribution is 14.0. The van der Waals surface area contributed by atoms with E-state index in [1.165, 1.54) is 0 Å². The van der Waals surface area contributed by atoms with Crippen LogP contribution in [0, 0.1) is 0 Å². The van der Waals surface area contributed by atoms with Crippen LogP contribution >= 0.6 is 24.0 Å². The van der Waals surface area contributed by atoms with Gasteiger partial charge in [0.25, 0.3) is 0 Å². The fraction of sp³-hybridized carbons (Fsp3) is 0.261. The summed E-state index contributed by atoms with van der Waals surface area (Å²) in [6.07, 6.45) is 2.48. The Balaban J connectivity index is 0.00000320. The van der Waals surface area contributed by atoms with Gasteiger partial charge in [0.1, 0.15) is 23.9 Å². The molecule has 6 nitrogen and oxygen atoms in total. The van der Waals surface area contributed by atoms with Crippen LogP contribution in [-0.2, 0) is 13.0 Å². The van der Waals surface area contributed by atoms with Crippen molar-refractivity contribution in [1.29, 1.82) is 0 Å². The number of nitrogens with zero attached hydrogens (tertiary/aromatic N) is 1. The Hall–Kier alpha value is -2.68. The fourth-order valence-corrected chi connectivity index (χ4v) is 2.69. The third-order valence-electron chi connectivity index (χ3n) is 4.23. The molecule has 0 aliphatic heterocycles. The van der Waals surface area contributed by atoms with Crippen LogP contribution in [0.1, 0.15) is 11.3 Å². The Morgan fingerprint density at radius 1 is 0.900 bits per heavy atom. The highest BCUT2D eigenvalue weighted by Gasteiger charge is 2.02. The zero-order valence-electron chi connectivity index (χ0n) is 17.0. The number of halogens is 1. The van der Waals surface area contributed by atoms with Gasteiger partial charge in [-0.05, 0) is 42.0 Å². The van der Waals surface area contributed by atoms with Crippen LogP contribution < -0.4 is 20.1 Å². The van der Waals surface area contributed by atoms with Crippen LogP contribution in [-0.4, -0.2) is 32.8 Å². The van der Waals surface area contributed by atoms with Crippen LogP contribution in [0.3, 0.4) is 0 Å². The van der Waals surface area contributed by atoms with Crippen molar-refractivity contribution in [2.75, 3.05) is 26.8 Å². The zero-order chi connectivity index (χ0) is 20.2. The maximum absolute atomic E-state index is 5.73. The molecule has 0 aliphatic carbocycles. The predicted octanol–water partition coefficient (Wildman–Crippen LogP) is 4.26. The molecule has 1 aromatic heterocycles. The minimum absolute atomic E-state index is 0. The second-order valence-electron chi connectivity index (χ2n) is 6.36. The van der Waals surface area contributed by atoms with E-state index in [1.54, 1.807) is 13.4 Å². The van der Waals surface area contributed by atoms with E-state index in [1.807, 2.05) is 66.7 Å². The average molecular weight is 521 g/mol. The molecular formula is C23H28IN3O3. The Kier molecular flexibility index (Phi) is 10.6. The number of rotatable bonds is 10. The minimum atomic E-state index is 0. The quantitative estimate of drug-likeness (QED) is 0.181. The summed E-state index contributed by atoms with van der Waals surface area (Å²) < 4.78 is 16.3. The van der Waals surface area contributed by atoms with Crippen LogP contribution in [0.25, 0.3) is 0 Å². The van der Waals surface area contributed by atoms with Gasteiger partial charge < -0.3 is 24.5 Å². The molecule has 160 valence electrons. The van der Waals surface area contributed by atoms with Crippen LogP contribution in [0.15, 0.2) is 82.4 Å². The largest absolute Gasteiger partial charge is 0.497 e. The number of para-hydroxylation sites is 1. The third-order valence-corrected chi connectivity index (χ3v) is 4.23. The fourth-order valence-electron chi connectivity index (χ4n) is 2.69. The molecule has 3 rings (SSSR count). The summed E-state index contributed by atoms with van der Waals surface area (Å²) in [5.41, 5.74) is 1.11. The average Bonchev–Trinajstić information content (AvgIpc) is 3.29. The lowest BCUT2D eigenvalue weighted by atomic mass is 10.2. The molecule has 0 spiro atoms. The maximum atomic E-state index is 5.73. The van der Waals surface area contributed by atoms with Crippen LogP contribution in [0.4, 0.5) is 0 Å². The van der Waals surface area contributed by atoms with Crippen LogP contribution in [0.5, 0.6) is 11.5 Å². The van der Waals surface area contributed by atoms with Gasteiger partial charge in [-0.25, -0.2) is 4.99 Å². The number of methoxy groups -OCH3 is 1. The van der Waals surface area contributed by atoms with E-state index < -0.39 is 0 Å². The first-order valence-corrected chi connectivity index (χ1v) is 9.69. The zero-order valence-corrected chi connectivity index (χ0v) is 19.4. The molecule has 3 aromatic rings. The van der Waals surface area contributed by atoms with E-state index in [0.717, 1.165) is 41.7 Å². The Labute approximate surface area is 194 Å². The molecule has 0 radical (unpaired) electrons. The number of benzene rings is 2. The number of aliphatic imine (C=N–C) groups is 1. The lowest BCUT2D eigenvalue weighted by molar-refractivity contribution is 0.322. The topological polar surface area (TPSA) is 68.0 Å². The molecule has 0 unspecified atom stereocenters. The van der Waals surface area contributed by atoms with E-state index in [0.29, 0.717) is 19.7 Å². The number of hydrogen-bond acceptors (Lipinski definition) is 4. The number of hydrogen-bond donors (Lipinski definition) is 2. The summed E-state index contributed by atoms with van der Waals surface area (Å²) in [5.74, 6) is 3.38. The first kappa shape index (κ1) is 23.6. The van der Waals surface area contributed by atoms with Gasteiger partial charge in [-0.3, -0.25) is 0 Å². The monoisotopic (exact) mass is 521 g/mol. The summed E-state index contributed by atoms with van der Waals surface area (Å²) in [6, 6.07) is 21.6. The molecule has 0 bridgehead atoms. The van der Waals surface area contributed by atoms with Gasteiger partial charge in [0.2, 0.25) is 0 Å². The van der Waals surface area contributed by atoms with E-state index in [4.69, 9.17) is 13.9 Å². The van der Waals surface area contributed by atoms with E-state index >= 15 is 0 Å². The van der Waals surface area contributed by atoms with Gasteiger partial charge in [-0.1, -0.05) is 30.3 Å². The van der Waals surface area contributed by atoms with Crippen molar-refractivity contribution in [1.82, 2.24) is 10.6 Å². The van der Waals surface area contributed by atoms with Crippen molar-refractivity contribution in [2.45, 2.75) is 13.0 Å². The van der Waals surface area contributed by atoms with Crippen molar-refractivity contribution in [3.8, 4) is 11.5 Å². The summed E-state index contributed by atoms with van der Waals surface area (Å²) in [5, 5.41) is 6.67. The van der Waals surface area contributed by atoms with E-state index in [-0.39, 0.29) is 24.0 Å². The molecule has 2 aromatic carbocycles. The number of ether oxygens (including phenoxy) is 2. The number of guanidine groups is 1. The molecule has 0 fully saturated rings. The highest BCUT2D eigenvalue weighted by Crippen LogP contribution is 2.12. The van der Waals surface area contributed by atoms with Crippen molar-refractivity contribution in [2.24, 2.45) is 4.99 Å². The van der Waals surface area contributed by atoms with Gasteiger partial charge in [-0.15, -0.1) is 24.0 Å². The van der Waals surface area contributed by atoms with E-state index in [2.05, 4.69) is 15.6 Å². The molecule has 0 amide bonds. The van der Waals surface area contributed by atoms with Crippen molar-refractivity contribution in [3.05, 3.63) is 84.3 Å². The van der Waals surface area contributed by atoms with Gasteiger partial charge >= 0.3 is 0 Å². The number of nitrogens with one attached hydrogen (secondary N) is 2. The Bertz CT molecular complexity index is 853. The lowest BCUT2D eigenvalue weighted by Gasteiger charge is -2.13. The third kappa shape index (κ3) is 8.36. The first-order chi connectivity index (χ1) is 14.3. The molecule has 0 aliphatic rings. The van der Waals surface area contributed by atoms with Gasteiger partial charge in [0, 0.05) is 13.0 Å². The van der Waals surface area contributed by atoms with Gasteiger partial charge in [0.05, 0.1) is 26.5 Å². The van der Waals surface area contributed by atoms with Crippen molar-refractivity contribution in [3.63, 3.8) is 0 Å². The summed E-state index contributed by atoms with van der Waals surface area (Å²) >= 11 is 0. The normalized spacial score (nSPS) is 10.8. The maximum Gasteiger partial charge on any atom is 0.191 e. The summed E-state index contributed by atoms with van der Waals surface area (Å²) in [4.78, 5) is 4.68.